The number of benzene rings is 1. The molecule has 144 valence electrons. The Kier molecular flexibility index (Phi) is 5.88. The van der Waals surface area contributed by atoms with Crippen molar-refractivity contribution in [2.75, 3.05) is 36.8 Å². The summed E-state index contributed by atoms with van der Waals surface area (Å²) in [6.45, 7) is 3.65. The highest BCUT2D eigenvalue weighted by Crippen LogP contribution is 2.22. The second kappa shape index (κ2) is 8.00. The summed E-state index contributed by atoms with van der Waals surface area (Å²) in [6.07, 6.45) is 1.16. The molecule has 1 amide bonds. The minimum Gasteiger partial charge on any atom is -0.368 e. The van der Waals surface area contributed by atoms with Gasteiger partial charge in [-0.3, -0.25) is 4.79 Å². The maximum absolute atomic E-state index is 12.8. The van der Waals surface area contributed by atoms with Gasteiger partial charge in [-0.1, -0.05) is 36.2 Å². The number of amides is 1. The fourth-order valence-electron chi connectivity index (χ4n) is 2.77. The Morgan fingerprint density at radius 3 is 2.52 bits per heavy atom. The third kappa shape index (κ3) is 4.34. The minimum absolute atomic E-state index is 0.0346. The van der Waals surface area contributed by atoms with E-state index in [1.54, 1.807) is 4.90 Å². The Bertz CT molecular complexity index is 960. The normalized spacial score (nSPS) is 15.1. The summed E-state index contributed by atoms with van der Waals surface area (Å²) >= 11 is 12.1. The lowest BCUT2D eigenvalue weighted by atomic mass is 10.2. The third-order valence-electron chi connectivity index (χ3n) is 4.32. The first-order valence-corrected chi connectivity index (χ1v) is 10.8. The van der Waals surface area contributed by atoms with Gasteiger partial charge in [0.1, 0.15) is 0 Å². The lowest BCUT2D eigenvalue weighted by Crippen LogP contribution is -2.49. The number of sulfone groups is 1. The number of piperazine rings is 1. The smallest absolute Gasteiger partial charge is 0.274 e. The number of rotatable bonds is 4. The van der Waals surface area contributed by atoms with Crippen LogP contribution in [0.4, 0.5) is 5.69 Å². The SMILES string of the molecule is CCS(=O)(=O)c1ncc(Cl)c(C(=O)N2CCN(c3cccc(Cl)c3)CC2)n1. The molecule has 2 aromatic rings. The first-order valence-electron chi connectivity index (χ1n) is 8.37. The summed E-state index contributed by atoms with van der Waals surface area (Å²) < 4.78 is 24.0. The van der Waals surface area contributed by atoms with Gasteiger partial charge in [-0.2, -0.15) is 0 Å². The van der Waals surface area contributed by atoms with E-state index in [-0.39, 0.29) is 21.6 Å². The van der Waals surface area contributed by atoms with Crippen LogP contribution in [0.5, 0.6) is 0 Å². The molecule has 1 aromatic heterocycles. The number of carbonyl (C=O) groups excluding carboxylic acids is 1. The number of nitrogens with zero attached hydrogens (tertiary/aromatic N) is 4. The highest BCUT2D eigenvalue weighted by molar-refractivity contribution is 7.91. The van der Waals surface area contributed by atoms with Crippen LogP contribution >= 0.6 is 23.2 Å². The van der Waals surface area contributed by atoms with Gasteiger partial charge in [0.15, 0.2) is 5.69 Å². The quantitative estimate of drug-likeness (QED) is 0.695. The Hall–Kier alpha value is -1.90. The van der Waals surface area contributed by atoms with Crippen LogP contribution in [0, 0.1) is 0 Å². The van der Waals surface area contributed by atoms with Crippen LogP contribution in [0.3, 0.4) is 0 Å². The van der Waals surface area contributed by atoms with Crippen molar-refractivity contribution < 1.29 is 13.2 Å². The van der Waals surface area contributed by atoms with Crippen molar-refractivity contribution in [3.8, 4) is 0 Å². The zero-order valence-electron chi connectivity index (χ0n) is 14.6. The van der Waals surface area contributed by atoms with Crippen LogP contribution in [0.2, 0.25) is 10.0 Å². The number of aromatic nitrogens is 2. The summed E-state index contributed by atoms with van der Waals surface area (Å²) in [6, 6.07) is 7.53. The Labute approximate surface area is 167 Å². The molecule has 0 radical (unpaired) electrons. The van der Waals surface area contributed by atoms with Gasteiger partial charge < -0.3 is 9.80 Å². The molecule has 0 N–H and O–H groups in total. The van der Waals surface area contributed by atoms with Crippen LogP contribution in [0.15, 0.2) is 35.6 Å². The summed E-state index contributed by atoms with van der Waals surface area (Å²) in [5.41, 5.74) is 0.904. The van der Waals surface area contributed by atoms with Crippen LogP contribution in [-0.4, -0.2) is 61.1 Å². The van der Waals surface area contributed by atoms with Crippen LogP contribution < -0.4 is 4.90 Å². The molecule has 1 fully saturated rings. The van der Waals surface area contributed by atoms with E-state index < -0.39 is 15.7 Å². The number of hydrogen-bond donors (Lipinski definition) is 0. The summed E-state index contributed by atoms with van der Waals surface area (Å²) in [5.74, 6) is -0.554. The first kappa shape index (κ1) is 19.9. The Morgan fingerprint density at radius 1 is 1.19 bits per heavy atom. The molecule has 0 bridgehead atoms. The fourth-order valence-corrected chi connectivity index (χ4v) is 3.83. The Balaban J connectivity index is 1.75. The van der Waals surface area contributed by atoms with Gasteiger partial charge in [-0.25, -0.2) is 18.4 Å². The van der Waals surface area contributed by atoms with E-state index in [1.165, 1.54) is 6.92 Å². The average Bonchev–Trinajstić information content (AvgIpc) is 2.68. The van der Waals surface area contributed by atoms with Crippen molar-refractivity contribution in [1.29, 1.82) is 0 Å². The minimum atomic E-state index is -3.62. The summed E-state index contributed by atoms with van der Waals surface area (Å²) in [7, 11) is -3.62. The number of anilines is 1. The Morgan fingerprint density at radius 2 is 1.89 bits per heavy atom. The van der Waals surface area contributed by atoms with Crippen molar-refractivity contribution in [2.45, 2.75) is 12.1 Å². The van der Waals surface area contributed by atoms with E-state index >= 15 is 0 Å². The molecule has 7 nitrogen and oxygen atoms in total. The van der Waals surface area contributed by atoms with E-state index in [0.717, 1.165) is 11.9 Å². The molecule has 0 aliphatic carbocycles. The molecule has 1 aromatic carbocycles. The summed E-state index contributed by atoms with van der Waals surface area (Å²) in [5, 5.41) is 0.311. The molecule has 0 unspecified atom stereocenters. The molecule has 1 aliphatic rings. The zero-order valence-corrected chi connectivity index (χ0v) is 16.9. The van der Waals surface area contributed by atoms with Crippen molar-refractivity contribution in [3.05, 3.63) is 46.2 Å². The van der Waals surface area contributed by atoms with Gasteiger partial charge in [-0.05, 0) is 18.2 Å². The average molecular weight is 429 g/mol. The van der Waals surface area contributed by atoms with Gasteiger partial charge in [0.25, 0.3) is 5.91 Å². The fraction of sp³-hybridized carbons (Fsp3) is 0.353. The molecule has 27 heavy (non-hydrogen) atoms. The second-order valence-electron chi connectivity index (χ2n) is 6.01. The van der Waals surface area contributed by atoms with Crippen LogP contribution in [0.1, 0.15) is 17.4 Å². The highest BCUT2D eigenvalue weighted by Gasteiger charge is 2.27. The van der Waals surface area contributed by atoms with Gasteiger partial charge in [-0.15, -0.1) is 0 Å². The molecule has 3 rings (SSSR count). The van der Waals surface area contributed by atoms with Crippen molar-refractivity contribution in [3.63, 3.8) is 0 Å². The van der Waals surface area contributed by atoms with Crippen LogP contribution in [0.25, 0.3) is 0 Å². The van der Waals surface area contributed by atoms with Gasteiger partial charge >= 0.3 is 0 Å². The van der Waals surface area contributed by atoms with Gasteiger partial charge in [0.05, 0.1) is 17.0 Å². The van der Waals surface area contributed by atoms with E-state index in [1.807, 2.05) is 24.3 Å². The molecular weight excluding hydrogens is 411 g/mol. The molecule has 1 saturated heterocycles. The zero-order chi connectivity index (χ0) is 19.6. The second-order valence-corrected chi connectivity index (χ2v) is 9.03. The number of halogens is 2. The molecule has 0 saturated carbocycles. The van der Waals surface area contributed by atoms with Gasteiger partial charge in [0, 0.05) is 36.9 Å². The van der Waals surface area contributed by atoms with E-state index in [4.69, 9.17) is 23.2 Å². The molecule has 0 atom stereocenters. The lowest BCUT2D eigenvalue weighted by Gasteiger charge is -2.36. The van der Waals surface area contributed by atoms with Crippen molar-refractivity contribution in [2.24, 2.45) is 0 Å². The molecular formula is C17H18Cl2N4O3S. The topological polar surface area (TPSA) is 83.5 Å². The van der Waals surface area contributed by atoms with Crippen molar-refractivity contribution >= 4 is 44.6 Å². The number of hydrogen-bond acceptors (Lipinski definition) is 6. The predicted molar refractivity (Wildman–Crippen MR) is 104 cm³/mol. The monoisotopic (exact) mass is 428 g/mol. The molecule has 1 aliphatic heterocycles. The van der Waals surface area contributed by atoms with E-state index in [0.29, 0.717) is 31.2 Å². The lowest BCUT2D eigenvalue weighted by molar-refractivity contribution is 0.0740. The van der Waals surface area contributed by atoms with Gasteiger partial charge in [0.2, 0.25) is 15.0 Å². The maximum Gasteiger partial charge on any atom is 0.274 e. The standard InChI is InChI=1S/C17H18Cl2N4O3S/c1-2-27(25,26)17-20-11-14(19)15(21-17)16(24)23-8-6-22(7-9-23)13-5-3-4-12(18)10-13/h3-5,10-11H,2,6-9H2,1H3. The van der Waals surface area contributed by atoms with E-state index in [9.17, 15) is 13.2 Å². The highest BCUT2D eigenvalue weighted by atomic mass is 35.5. The largest absolute Gasteiger partial charge is 0.368 e. The molecule has 0 spiro atoms. The predicted octanol–water partition coefficient (Wildman–Crippen LogP) is 2.54. The number of carbonyl (C=O) groups is 1. The van der Waals surface area contributed by atoms with E-state index in [2.05, 4.69) is 14.9 Å². The van der Waals surface area contributed by atoms with Crippen molar-refractivity contribution in [1.82, 2.24) is 14.9 Å². The summed E-state index contributed by atoms with van der Waals surface area (Å²) in [4.78, 5) is 24.2. The maximum atomic E-state index is 12.8. The first-order chi connectivity index (χ1) is 12.8. The van der Waals surface area contributed by atoms with Crippen LogP contribution in [-0.2, 0) is 9.84 Å². The third-order valence-corrected chi connectivity index (χ3v) is 6.35. The molecule has 10 heteroatoms. The molecule has 2 heterocycles.